The van der Waals surface area contributed by atoms with Crippen molar-refractivity contribution in [2.75, 3.05) is 0 Å². The average Bonchev–Trinajstić information content (AvgIpc) is 2.51. The van der Waals surface area contributed by atoms with Gasteiger partial charge in [0.15, 0.2) is 9.74 Å². The number of aromatic nitrogens is 3. The van der Waals surface area contributed by atoms with Gasteiger partial charge in [-0.05, 0) is 52.4 Å². The van der Waals surface area contributed by atoms with E-state index in [2.05, 4.69) is 36.3 Å². The molecule has 0 aromatic carbocycles. The van der Waals surface area contributed by atoms with Crippen LogP contribution in [0.1, 0.15) is 11.1 Å². The van der Waals surface area contributed by atoms with E-state index in [1.807, 2.05) is 20.0 Å². The first-order valence-electron chi connectivity index (χ1n) is 4.09. The molecule has 0 spiro atoms. The molecule has 14 heavy (non-hydrogen) atoms. The maximum absolute atomic E-state index is 4.32. The molecule has 0 fully saturated rings. The van der Waals surface area contributed by atoms with Crippen LogP contribution in [0.3, 0.4) is 0 Å². The third kappa shape index (κ3) is 1.83. The minimum absolute atomic E-state index is 0.694. The number of pyridine rings is 1. The second-order valence-corrected chi connectivity index (χ2v) is 5.08. The smallest absolute Gasteiger partial charge is 0.192 e. The predicted molar refractivity (Wildman–Crippen MR) is 60.3 cm³/mol. The van der Waals surface area contributed by atoms with E-state index >= 15 is 0 Å². The van der Waals surface area contributed by atoms with Crippen LogP contribution >= 0.6 is 27.5 Å². The molecule has 0 atom stereocenters. The Hall–Kier alpha value is -0.810. The Labute approximate surface area is 94.5 Å². The Kier molecular flexibility index (Phi) is 2.60. The first-order chi connectivity index (χ1) is 6.66. The van der Waals surface area contributed by atoms with Gasteiger partial charge in [-0.3, -0.25) is 4.98 Å². The highest BCUT2D eigenvalue weighted by Crippen LogP contribution is 2.22. The lowest BCUT2D eigenvalue weighted by molar-refractivity contribution is 1.17. The van der Waals surface area contributed by atoms with Gasteiger partial charge in [-0.15, -0.1) is 0 Å². The van der Waals surface area contributed by atoms with Crippen LogP contribution in [0.5, 0.6) is 0 Å². The Morgan fingerprint density at radius 3 is 2.71 bits per heavy atom. The lowest BCUT2D eigenvalue weighted by Gasteiger charge is -2.00. The second-order valence-electron chi connectivity index (χ2n) is 3.05. The summed E-state index contributed by atoms with van der Waals surface area (Å²) < 4.78 is 4.98. The van der Waals surface area contributed by atoms with E-state index in [1.165, 1.54) is 11.5 Å². The zero-order chi connectivity index (χ0) is 10.1. The van der Waals surface area contributed by atoms with Crippen LogP contribution < -0.4 is 0 Å². The third-order valence-electron chi connectivity index (χ3n) is 1.83. The van der Waals surface area contributed by atoms with Crippen LogP contribution in [0.25, 0.3) is 11.5 Å². The molecule has 72 valence electrons. The van der Waals surface area contributed by atoms with E-state index in [9.17, 15) is 0 Å². The van der Waals surface area contributed by atoms with Gasteiger partial charge in [0, 0.05) is 6.20 Å². The molecule has 2 heterocycles. The molecule has 0 amide bonds. The molecule has 3 nitrogen and oxygen atoms in total. The van der Waals surface area contributed by atoms with Gasteiger partial charge in [0.2, 0.25) is 0 Å². The number of halogens is 1. The highest BCUT2D eigenvalue weighted by molar-refractivity contribution is 9.11. The van der Waals surface area contributed by atoms with Gasteiger partial charge in [-0.25, -0.2) is 4.98 Å². The molecule has 0 saturated carbocycles. The van der Waals surface area contributed by atoms with E-state index in [0.717, 1.165) is 20.7 Å². The van der Waals surface area contributed by atoms with Crippen molar-refractivity contribution in [3.8, 4) is 11.5 Å². The highest BCUT2D eigenvalue weighted by atomic mass is 79.9. The Balaban J connectivity index is 2.52. The Bertz CT molecular complexity index is 467. The summed E-state index contributed by atoms with van der Waals surface area (Å²) in [4.78, 5) is 8.56. The van der Waals surface area contributed by atoms with Gasteiger partial charge in [-0.1, -0.05) is 6.07 Å². The SMILES string of the molecule is Cc1cnc(-c2nsc(Br)n2)c(C)c1. The molecule has 0 radical (unpaired) electrons. The van der Waals surface area contributed by atoms with Gasteiger partial charge >= 0.3 is 0 Å². The minimum atomic E-state index is 0.694. The highest BCUT2D eigenvalue weighted by Gasteiger charge is 2.08. The summed E-state index contributed by atoms with van der Waals surface area (Å²) >= 11 is 4.61. The predicted octanol–water partition coefficient (Wildman–Crippen LogP) is 2.98. The first kappa shape index (κ1) is 9.73. The van der Waals surface area contributed by atoms with Crippen LogP contribution in [0.2, 0.25) is 0 Å². The number of hydrogen-bond acceptors (Lipinski definition) is 4. The molecule has 0 aliphatic carbocycles. The maximum atomic E-state index is 4.32. The molecule has 2 rings (SSSR count). The van der Waals surface area contributed by atoms with Crippen LogP contribution in [0.15, 0.2) is 16.2 Å². The summed E-state index contributed by atoms with van der Waals surface area (Å²) in [6, 6.07) is 2.08. The zero-order valence-electron chi connectivity index (χ0n) is 7.78. The summed E-state index contributed by atoms with van der Waals surface area (Å²) in [5, 5.41) is 0. The summed E-state index contributed by atoms with van der Waals surface area (Å²) in [6.45, 7) is 4.04. The zero-order valence-corrected chi connectivity index (χ0v) is 10.2. The average molecular weight is 270 g/mol. The quantitative estimate of drug-likeness (QED) is 0.799. The summed E-state index contributed by atoms with van der Waals surface area (Å²) in [5.74, 6) is 0.694. The van der Waals surface area contributed by atoms with E-state index in [-0.39, 0.29) is 0 Å². The number of rotatable bonds is 1. The molecule has 0 aliphatic heterocycles. The Morgan fingerprint density at radius 1 is 1.36 bits per heavy atom. The summed E-state index contributed by atoms with van der Waals surface area (Å²) in [7, 11) is 0. The normalized spacial score (nSPS) is 10.5. The molecule has 5 heteroatoms. The van der Waals surface area contributed by atoms with Crippen LogP contribution in [0, 0.1) is 13.8 Å². The van der Waals surface area contributed by atoms with Gasteiger partial charge in [-0.2, -0.15) is 4.37 Å². The van der Waals surface area contributed by atoms with Crippen molar-refractivity contribution in [1.82, 2.24) is 14.3 Å². The fourth-order valence-corrected chi connectivity index (χ4v) is 2.05. The lowest BCUT2D eigenvalue weighted by Crippen LogP contribution is -1.90. The molecule has 0 unspecified atom stereocenters. The Morgan fingerprint density at radius 2 is 2.14 bits per heavy atom. The number of hydrogen-bond donors (Lipinski definition) is 0. The molecular formula is C9H8BrN3S. The molecule has 0 bridgehead atoms. The van der Waals surface area contributed by atoms with E-state index in [1.54, 1.807) is 0 Å². The van der Waals surface area contributed by atoms with Crippen molar-refractivity contribution < 1.29 is 0 Å². The molecule has 0 aliphatic rings. The molecule has 0 N–H and O–H groups in total. The van der Waals surface area contributed by atoms with Gasteiger partial charge < -0.3 is 0 Å². The fraction of sp³-hybridized carbons (Fsp3) is 0.222. The summed E-state index contributed by atoms with van der Waals surface area (Å²) in [6.07, 6.45) is 1.83. The monoisotopic (exact) mass is 269 g/mol. The van der Waals surface area contributed by atoms with Crippen molar-refractivity contribution in [2.24, 2.45) is 0 Å². The minimum Gasteiger partial charge on any atom is -0.252 e. The maximum Gasteiger partial charge on any atom is 0.192 e. The van der Waals surface area contributed by atoms with Crippen LogP contribution in [0.4, 0.5) is 0 Å². The standard InChI is InChI=1S/C9H8BrN3S/c1-5-3-6(2)7(11-4-5)8-12-9(10)14-13-8/h3-4H,1-2H3. The fourth-order valence-electron chi connectivity index (χ4n) is 1.25. The van der Waals surface area contributed by atoms with Crippen molar-refractivity contribution >= 4 is 27.5 Å². The third-order valence-corrected chi connectivity index (χ3v) is 2.95. The van der Waals surface area contributed by atoms with Crippen molar-refractivity contribution in [1.29, 1.82) is 0 Å². The van der Waals surface area contributed by atoms with Crippen molar-refractivity contribution in [3.05, 3.63) is 27.3 Å². The summed E-state index contributed by atoms with van der Waals surface area (Å²) in [5.41, 5.74) is 3.12. The van der Waals surface area contributed by atoms with E-state index < -0.39 is 0 Å². The van der Waals surface area contributed by atoms with E-state index in [4.69, 9.17) is 0 Å². The van der Waals surface area contributed by atoms with Crippen LogP contribution in [-0.4, -0.2) is 14.3 Å². The molecular weight excluding hydrogens is 262 g/mol. The van der Waals surface area contributed by atoms with Crippen molar-refractivity contribution in [3.63, 3.8) is 0 Å². The largest absolute Gasteiger partial charge is 0.252 e. The molecule has 2 aromatic heterocycles. The second kappa shape index (κ2) is 3.74. The first-order valence-corrected chi connectivity index (χ1v) is 5.66. The molecule has 0 saturated heterocycles. The molecule has 2 aromatic rings. The van der Waals surface area contributed by atoms with Gasteiger partial charge in [0.1, 0.15) is 5.69 Å². The topological polar surface area (TPSA) is 38.7 Å². The van der Waals surface area contributed by atoms with E-state index in [0.29, 0.717) is 5.82 Å². The van der Waals surface area contributed by atoms with Crippen LogP contribution in [-0.2, 0) is 0 Å². The number of nitrogens with zero attached hydrogens (tertiary/aromatic N) is 3. The van der Waals surface area contributed by atoms with Gasteiger partial charge in [0.05, 0.1) is 0 Å². The lowest BCUT2D eigenvalue weighted by atomic mass is 10.1. The van der Waals surface area contributed by atoms with Crippen molar-refractivity contribution in [2.45, 2.75) is 13.8 Å². The van der Waals surface area contributed by atoms with Gasteiger partial charge in [0.25, 0.3) is 0 Å². The number of aryl methyl sites for hydroxylation is 2.